The number of hydrogen-bond donors (Lipinski definition) is 0. The van der Waals surface area contributed by atoms with E-state index >= 15 is 0 Å². The van der Waals surface area contributed by atoms with E-state index in [2.05, 4.69) is 57.0 Å². The second-order valence-corrected chi connectivity index (χ2v) is 5.36. The van der Waals surface area contributed by atoms with E-state index in [9.17, 15) is 0 Å². The van der Waals surface area contributed by atoms with Gasteiger partial charge in [-0.3, -0.25) is 0 Å². The standard InChI is InChI=1S/C17H22N4/c1-2-21(15-9-5-3-6-10-15)17-13-16(18-14-19-17)20-11-7-4-8-12-20/h3,5-6,9-10,13-14H,2,4,7-8,11-12H2,1H3. The van der Waals surface area contributed by atoms with Crippen molar-refractivity contribution in [3.05, 3.63) is 42.7 Å². The summed E-state index contributed by atoms with van der Waals surface area (Å²) < 4.78 is 0. The molecule has 1 aromatic carbocycles. The topological polar surface area (TPSA) is 32.3 Å². The smallest absolute Gasteiger partial charge is 0.138 e. The van der Waals surface area contributed by atoms with Crippen LogP contribution in [0, 0.1) is 0 Å². The third-order valence-electron chi connectivity index (χ3n) is 3.98. The largest absolute Gasteiger partial charge is 0.356 e. The van der Waals surface area contributed by atoms with Gasteiger partial charge in [-0.2, -0.15) is 0 Å². The van der Waals surface area contributed by atoms with E-state index in [0.29, 0.717) is 0 Å². The Hall–Kier alpha value is -2.10. The lowest BCUT2D eigenvalue weighted by molar-refractivity contribution is 0.573. The van der Waals surface area contributed by atoms with Gasteiger partial charge in [-0.05, 0) is 38.3 Å². The summed E-state index contributed by atoms with van der Waals surface area (Å²) in [6.07, 6.45) is 5.54. The Morgan fingerprint density at radius 3 is 2.52 bits per heavy atom. The number of hydrogen-bond acceptors (Lipinski definition) is 4. The van der Waals surface area contributed by atoms with Gasteiger partial charge in [0.05, 0.1) is 0 Å². The first-order chi connectivity index (χ1) is 10.4. The minimum atomic E-state index is 0.889. The van der Waals surface area contributed by atoms with Crippen LogP contribution in [0.1, 0.15) is 26.2 Å². The molecule has 0 aliphatic carbocycles. The monoisotopic (exact) mass is 282 g/mol. The highest BCUT2D eigenvalue weighted by Gasteiger charge is 2.15. The molecule has 2 aromatic rings. The summed E-state index contributed by atoms with van der Waals surface area (Å²) in [5.41, 5.74) is 1.17. The molecule has 4 nitrogen and oxygen atoms in total. The molecule has 2 heterocycles. The summed E-state index contributed by atoms with van der Waals surface area (Å²) in [7, 11) is 0. The number of benzene rings is 1. The average molecular weight is 282 g/mol. The van der Waals surface area contributed by atoms with Gasteiger partial charge in [0.25, 0.3) is 0 Å². The molecule has 1 aliphatic rings. The molecule has 0 bridgehead atoms. The van der Waals surface area contributed by atoms with Crippen molar-refractivity contribution in [3.8, 4) is 0 Å². The zero-order valence-corrected chi connectivity index (χ0v) is 12.6. The second-order valence-electron chi connectivity index (χ2n) is 5.36. The zero-order chi connectivity index (χ0) is 14.5. The molecule has 0 saturated carbocycles. The number of para-hydroxylation sites is 1. The van der Waals surface area contributed by atoms with Crippen LogP contribution in [0.2, 0.25) is 0 Å². The molecule has 0 spiro atoms. The van der Waals surface area contributed by atoms with Gasteiger partial charge in [-0.25, -0.2) is 9.97 Å². The maximum absolute atomic E-state index is 4.47. The fourth-order valence-corrected chi connectivity index (χ4v) is 2.87. The maximum Gasteiger partial charge on any atom is 0.138 e. The molecule has 0 N–H and O–H groups in total. The normalized spacial score (nSPS) is 15.0. The van der Waals surface area contributed by atoms with E-state index < -0.39 is 0 Å². The maximum atomic E-state index is 4.47. The zero-order valence-electron chi connectivity index (χ0n) is 12.6. The van der Waals surface area contributed by atoms with Gasteiger partial charge >= 0.3 is 0 Å². The molecule has 3 rings (SSSR count). The Morgan fingerprint density at radius 1 is 1.05 bits per heavy atom. The van der Waals surface area contributed by atoms with Gasteiger partial charge in [0, 0.05) is 31.4 Å². The van der Waals surface area contributed by atoms with Crippen LogP contribution in [-0.2, 0) is 0 Å². The van der Waals surface area contributed by atoms with Crippen LogP contribution in [0.4, 0.5) is 17.3 Å². The summed E-state index contributed by atoms with van der Waals surface area (Å²) in [6, 6.07) is 12.5. The summed E-state index contributed by atoms with van der Waals surface area (Å²) in [4.78, 5) is 13.5. The van der Waals surface area contributed by atoms with Crippen LogP contribution in [0.25, 0.3) is 0 Å². The summed E-state index contributed by atoms with van der Waals surface area (Å²) in [5.74, 6) is 2.02. The van der Waals surface area contributed by atoms with Crippen LogP contribution in [0.15, 0.2) is 42.7 Å². The first kappa shape index (κ1) is 13.9. The van der Waals surface area contributed by atoms with Crippen molar-refractivity contribution in [2.45, 2.75) is 26.2 Å². The quantitative estimate of drug-likeness (QED) is 0.857. The molecule has 1 aromatic heterocycles. The molecule has 0 atom stereocenters. The lowest BCUT2D eigenvalue weighted by Crippen LogP contribution is -2.30. The van der Waals surface area contributed by atoms with E-state index in [1.54, 1.807) is 6.33 Å². The van der Waals surface area contributed by atoms with Gasteiger partial charge in [0.1, 0.15) is 18.0 Å². The van der Waals surface area contributed by atoms with Crippen LogP contribution in [0.5, 0.6) is 0 Å². The van der Waals surface area contributed by atoms with Gasteiger partial charge in [0.2, 0.25) is 0 Å². The number of nitrogens with zero attached hydrogens (tertiary/aromatic N) is 4. The van der Waals surface area contributed by atoms with Crippen LogP contribution in [-0.4, -0.2) is 29.6 Å². The number of anilines is 3. The van der Waals surface area contributed by atoms with E-state index in [-0.39, 0.29) is 0 Å². The highest BCUT2D eigenvalue weighted by Crippen LogP contribution is 2.26. The molecular formula is C17H22N4. The van der Waals surface area contributed by atoms with Crippen LogP contribution < -0.4 is 9.80 Å². The van der Waals surface area contributed by atoms with Crippen molar-refractivity contribution in [2.24, 2.45) is 0 Å². The number of piperidine rings is 1. The first-order valence-electron chi connectivity index (χ1n) is 7.78. The molecule has 4 heteroatoms. The Balaban J connectivity index is 1.87. The van der Waals surface area contributed by atoms with Gasteiger partial charge in [-0.1, -0.05) is 18.2 Å². The molecular weight excluding hydrogens is 260 g/mol. The first-order valence-corrected chi connectivity index (χ1v) is 7.78. The van der Waals surface area contributed by atoms with Gasteiger partial charge < -0.3 is 9.80 Å². The molecule has 1 aliphatic heterocycles. The van der Waals surface area contributed by atoms with Crippen molar-refractivity contribution in [3.63, 3.8) is 0 Å². The SMILES string of the molecule is CCN(c1ccccc1)c1cc(N2CCCCC2)ncn1. The average Bonchev–Trinajstić information content (AvgIpc) is 2.58. The van der Waals surface area contributed by atoms with Crippen molar-refractivity contribution in [1.82, 2.24) is 9.97 Å². The highest BCUT2D eigenvalue weighted by molar-refractivity contribution is 5.62. The lowest BCUT2D eigenvalue weighted by Gasteiger charge is -2.29. The van der Waals surface area contributed by atoms with E-state index in [0.717, 1.165) is 31.3 Å². The molecule has 1 fully saturated rings. The summed E-state index contributed by atoms with van der Waals surface area (Å²) in [5, 5.41) is 0. The van der Waals surface area contributed by atoms with Crippen molar-refractivity contribution >= 4 is 17.3 Å². The number of aromatic nitrogens is 2. The molecule has 0 amide bonds. The molecule has 1 saturated heterocycles. The summed E-state index contributed by atoms with van der Waals surface area (Å²) >= 11 is 0. The molecule has 110 valence electrons. The molecule has 21 heavy (non-hydrogen) atoms. The molecule has 0 radical (unpaired) electrons. The minimum absolute atomic E-state index is 0.889. The van der Waals surface area contributed by atoms with Crippen LogP contribution in [0.3, 0.4) is 0 Å². The van der Waals surface area contributed by atoms with Crippen molar-refractivity contribution in [1.29, 1.82) is 0 Å². The highest BCUT2D eigenvalue weighted by atomic mass is 15.2. The number of rotatable bonds is 4. The van der Waals surface area contributed by atoms with E-state index in [1.165, 1.54) is 24.9 Å². The minimum Gasteiger partial charge on any atom is -0.356 e. The fraction of sp³-hybridized carbons (Fsp3) is 0.412. The predicted octanol–water partition coefficient (Wildman–Crippen LogP) is 3.62. The second kappa shape index (κ2) is 6.57. The predicted molar refractivity (Wildman–Crippen MR) is 87.2 cm³/mol. The van der Waals surface area contributed by atoms with E-state index in [4.69, 9.17) is 0 Å². The molecule has 0 unspecified atom stereocenters. The summed E-state index contributed by atoms with van der Waals surface area (Å²) in [6.45, 7) is 5.25. The third-order valence-corrected chi connectivity index (χ3v) is 3.98. The van der Waals surface area contributed by atoms with Gasteiger partial charge in [-0.15, -0.1) is 0 Å². The Kier molecular flexibility index (Phi) is 4.34. The fourth-order valence-electron chi connectivity index (χ4n) is 2.87. The van der Waals surface area contributed by atoms with E-state index in [1.807, 2.05) is 6.07 Å². The third kappa shape index (κ3) is 3.15. The van der Waals surface area contributed by atoms with Gasteiger partial charge in [0.15, 0.2) is 0 Å². The Morgan fingerprint density at radius 2 is 1.81 bits per heavy atom. The Labute approximate surface area is 126 Å². The Bertz CT molecular complexity index is 564. The van der Waals surface area contributed by atoms with Crippen molar-refractivity contribution in [2.75, 3.05) is 29.4 Å². The lowest BCUT2D eigenvalue weighted by atomic mass is 10.1. The van der Waals surface area contributed by atoms with Crippen molar-refractivity contribution < 1.29 is 0 Å². The van der Waals surface area contributed by atoms with Crippen LogP contribution >= 0.6 is 0 Å².